The Bertz CT molecular complexity index is 1960. The van der Waals surface area contributed by atoms with Gasteiger partial charge in [-0.1, -0.05) is 32.4 Å². The maximum Gasteiger partial charge on any atom is 0.187 e. The van der Waals surface area contributed by atoms with Gasteiger partial charge >= 0.3 is 0 Å². The second-order valence-electron chi connectivity index (χ2n) is 23.3. The lowest BCUT2D eigenvalue weighted by Crippen LogP contribution is -2.66. The van der Waals surface area contributed by atoms with E-state index in [0.29, 0.717) is 25.7 Å². The number of rotatable bonds is 14. The SMILES string of the molecule is CC1=C(CC[C@H](C)CO[C@@H]2O[C@H](CO)[C@@H](O)[C@H](O)[C@H]2O)O[C@@H]2[C@@H](O)[C@@H]3[C@@H]4CC=C5C[C@@H](O[C@@H]6O[C@H](CO)[C@@H](O[C@@H]7O[C@@H](C)[C@H](O)[C@@H](O)[C@H]7O)[C@H](O)[C@H]6O[C@@H]6O[C@@H](C)[C@H](O)[C@@H](O)[C@H]6O)CC[C@]5(C)[C@@H]4CC[C@]3(C)[C@H]12. The zero-order valence-electron chi connectivity index (χ0n) is 42.5. The molecule has 9 aliphatic rings. The van der Waals surface area contributed by atoms with Crippen LogP contribution in [0.5, 0.6) is 0 Å². The third kappa shape index (κ3) is 10.0. The zero-order valence-corrected chi connectivity index (χ0v) is 42.5. The summed E-state index contributed by atoms with van der Waals surface area (Å²) in [4.78, 5) is 0. The van der Waals surface area contributed by atoms with Crippen LogP contribution in [0, 0.1) is 40.4 Å². The van der Waals surface area contributed by atoms with Crippen molar-refractivity contribution < 1.29 is 109 Å². The van der Waals surface area contributed by atoms with Crippen molar-refractivity contribution >= 4 is 0 Å². The van der Waals surface area contributed by atoms with Crippen LogP contribution in [0.25, 0.3) is 0 Å². The molecule has 0 aromatic rings. The fraction of sp³-hybridized carbons (Fsp3) is 0.922. The molecule has 4 aliphatic carbocycles. The van der Waals surface area contributed by atoms with Gasteiger partial charge in [0.1, 0.15) is 91.6 Å². The van der Waals surface area contributed by atoms with Gasteiger partial charge in [0.25, 0.3) is 0 Å². The molecule has 30 atom stereocenters. The van der Waals surface area contributed by atoms with E-state index in [1.54, 1.807) is 0 Å². The van der Waals surface area contributed by atoms with Crippen LogP contribution in [0.3, 0.4) is 0 Å². The smallest absolute Gasteiger partial charge is 0.187 e. The molecule has 418 valence electrons. The summed E-state index contributed by atoms with van der Waals surface area (Å²) < 4.78 is 54.6. The lowest BCUT2D eigenvalue weighted by atomic mass is 9.47. The third-order valence-corrected chi connectivity index (χ3v) is 18.9. The summed E-state index contributed by atoms with van der Waals surface area (Å²) in [5.74, 6) is 1.37. The number of hydrogen-bond acceptors (Lipinski definition) is 22. The van der Waals surface area contributed by atoms with E-state index in [9.17, 15) is 66.4 Å². The summed E-state index contributed by atoms with van der Waals surface area (Å²) in [5.41, 5.74) is 1.94. The second kappa shape index (κ2) is 21.9. The molecule has 0 unspecified atom stereocenters. The van der Waals surface area contributed by atoms with Crippen LogP contribution < -0.4 is 0 Å². The maximum absolute atomic E-state index is 12.3. The van der Waals surface area contributed by atoms with Crippen LogP contribution >= 0.6 is 0 Å². The monoisotopic (exact) mass is 1050 g/mol. The summed E-state index contributed by atoms with van der Waals surface area (Å²) in [7, 11) is 0. The first-order valence-corrected chi connectivity index (χ1v) is 26.5. The largest absolute Gasteiger partial charge is 0.491 e. The van der Waals surface area contributed by atoms with E-state index in [2.05, 4.69) is 26.8 Å². The van der Waals surface area contributed by atoms with Gasteiger partial charge in [0.15, 0.2) is 25.2 Å². The van der Waals surface area contributed by atoms with Crippen LogP contribution in [0.2, 0.25) is 0 Å². The molecule has 22 nitrogen and oxygen atoms in total. The normalized spacial score (nSPS) is 53.4. The minimum absolute atomic E-state index is 0.000947. The molecule has 0 aromatic heterocycles. The van der Waals surface area contributed by atoms with Gasteiger partial charge in [-0.2, -0.15) is 0 Å². The van der Waals surface area contributed by atoms with Crippen molar-refractivity contribution in [2.45, 2.75) is 234 Å². The summed E-state index contributed by atoms with van der Waals surface area (Å²) in [6.07, 6.45) is -22.4. The van der Waals surface area contributed by atoms with Gasteiger partial charge in [-0.25, -0.2) is 0 Å². The number of ether oxygens (including phenoxy) is 9. The third-order valence-electron chi connectivity index (χ3n) is 18.9. The fourth-order valence-corrected chi connectivity index (χ4v) is 14.5. The summed E-state index contributed by atoms with van der Waals surface area (Å²) in [6.45, 7) is 10.6. The fourth-order valence-electron chi connectivity index (χ4n) is 14.5. The minimum Gasteiger partial charge on any atom is -0.491 e. The van der Waals surface area contributed by atoms with Gasteiger partial charge in [0, 0.05) is 12.3 Å². The summed E-state index contributed by atoms with van der Waals surface area (Å²) in [5, 5.41) is 139. The van der Waals surface area contributed by atoms with E-state index in [1.165, 1.54) is 19.4 Å². The molecule has 0 aromatic carbocycles. The van der Waals surface area contributed by atoms with Crippen LogP contribution in [-0.2, 0) is 42.6 Å². The second-order valence-corrected chi connectivity index (χ2v) is 23.3. The zero-order chi connectivity index (χ0) is 52.7. The minimum atomic E-state index is -1.76. The van der Waals surface area contributed by atoms with Crippen molar-refractivity contribution in [2.24, 2.45) is 40.4 Å². The summed E-state index contributed by atoms with van der Waals surface area (Å²) >= 11 is 0. The molecule has 9 rings (SSSR count). The highest BCUT2D eigenvalue weighted by atomic mass is 16.8. The van der Waals surface area contributed by atoms with Gasteiger partial charge in [-0.3, -0.25) is 0 Å². The van der Waals surface area contributed by atoms with E-state index < -0.39 is 148 Å². The number of aliphatic hydroxyl groups excluding tert-OH is 13. The number of fused-ring (bicyclic) bond motifs is 7. The standard InChI is InChI=1S/C51H82O22/c1-19(18-65-46-39(61)38(60)34(56)28(16-52)70-46)7-10-27-20(2)30-44(69-27)35(57)31-25-9-8-23-15-24(11-13-50(23,5)26(25)12-14-51(30,31)6)68-49-45(73-48-41(63)37(59)33(55)22(4)67-48)42(64)43(29(17-53)71-49)72-47-40(62)36(58)32(54)21(3)66-47/h8,19,21-22,24-26,28-49,52-64H,7,9-18H2,1-6H3/t19-,21-,22-,24-,25+,26+,28+,29+,30+,31-,32-,33-,34+,35-,36+,37+,38-,39+,40+,41+,42-,43+,44-,45+,46+,47-,48-,49+,50-,51+/m0/s1. The molecule has 3 saturated carbocycles. The Morgan fingerprint density at radius 1 is 0.644 bits per heavy atom. The molecule has 0 radical (unpaired) electrons. The Balaban J connectivity index is 0.862. The van der Waals surface area contributed by atoms with Crippen molar-refractivity contribution in [3.63, 3.8) is 0 Å². The Morgan fingerprint density at radius 2 is 1.23 bits per heavy atom. The molecule has 0 spiro atoms. The Labute approximate surface area is 425 Å². The number of hydrogen-bond donors (Lipinski definition) is 13. The first kappa shape index (κ1) is 56.2. The predicted molar refractivity (Wildman–Crippen MR) is 249 cm³/mol. The maximum atomic E-state index is 12.3. The van der Waals surface area contributed by atoms with Crippen molar-refractivity contribution in [1.29, 1.82) is 0 Å². The molecule has 5 aliphatic heterocycles. The number of allylic oxidation sites excluding steroid dienone is 2. The highest BCUT2D eigenvalue weighted by Gasteiger charge is 2.68. The Kier molecular flexibility index (Phi) is 16.9. The Hall–Kier alpha value is -1.56. The summed E-state index contributed by atoms with van der Waals surface area (Å²) in [6, 6.07) is 0. The van der Waals surface area contributed by atoms with Crippen molar-refractivity contribution in [3.05, 3.63) is 23.0 Å². The first-order chi connectivity index (χ1) is 34.5. The van der Waals surface area contributed by atoms with Gasteiger partial charge in [-0.05, 0) is 106 Å². The van der Waals surface area contributed by atoms with Crippen LogP contribution in [-0.4, -0.2) is 227 Å². The van der Waals surface area contributed by atoms with Crippen molar-refractivity contribution in [3.8, 4) is 0 Å². The lowest BCUT2D eigenvalue weighted by Gasteiger charge is -2.58. The molecule has 0 amide bonds. The quantitative estimate of drug-likeness (QED) is 0.0832. The highest BCUT2D eigenvalue weighted by molar-refractivity contribution is 5.31. The van der Waals surface area contributed by atoms with E-state index in [-0.39, 0.29) is 53.1 Å². The molecule has 0 bridgehead atoms. The first-order valence-electron chi connectivity index (χ1n) is 26.5. The molecule has 4 saturated heterocycles. The van der Waals surface area contributed by atoms with Gasteiger partial charge < -0.3 is 109 Å². The average Bonchev–Trinajstić information content (AvgIpc) is 3.82. The van der Waals surface area contributed by atoms with E-state index in [0.717, 1.165) is 37.0 Å². The predicted octanol–water partition coefficient (Wildman–Crippen LogP) is -2.06. The molecule has 22 heteroatoms. The molecular weight excluding hydrogens is 965 g/mol. The van der Waals surface area contributed by atoms with Crippen molar-refractivity contribution in [1.82, 2.24) is 0 Å². The molecular formula is C51H82O22. The topological polar surface area (TPSA) is 346 Å². The van der Waals surface area contributed by atoms with Crippen LogP contribution in [0.1, 0.15) is 92.9 Å². The van der Waals surface area contributed by atoms with Crippen LogP contribution in [0.4, 0.5) is 0 Å². The van der Waals surface area contributed by atoms with Gasteiger partial charge in [-0.15, -0.1) is 0 Å². The molecule has 7 fully saturated rings. The van der Waals surface area contributed by atoms with E-state index >= 15 is 0 Å². The van der Waals surface area contributed by atoms with Crippen molar-refractivity contribution in [2.75, 3.05) is 19.8 Å². The molecule has 5 heterocycles. The van der Waals surface area contributed by atoms with Crippen LogP contribution in [0.15, 0.2) is 23.0 Å². The van der Waals surface area contributed by atoms with Gasteiger partial charge in [0.05, 0.1) is 50.0 Å². The molecule has 73 heavy (non-hydrogen) atoms. The van der Waals surface area contributed by atoms with E-state index in [4.69, 9.17) is 42.6 Å². The number of aliphatic hydroxyl groups is 13. The lowest BCUT2D eigenvalue weighted by molar-refractivity contribution is -0.388. The van der Waals surface area contributed by atoms with Gasteiger partial charge in [0.2, 0.25) is 0 Å². The highest BCUT2D eigenvalue weighted by Crippen LogP contribution is 2.69. The Morgan fingerprint density at radius 3 is 1.86 bits per heavy atom. The average molecular weight is 1050 g/mol. The van der Waals surface area contributed by atoms with E-state index in [1.807, 2.05) is 6.92 Å². The molecule has 13 N–H and O–H groups in total.